The van der Waals surface area contributed by atoms with Gasteiger partial charge in [0.1, 0.15) is 10.6 Å². The maximum atomic E-state index is 11.8. The van der Waals surface area contributed by atoms with Gasteiger partial charge in [0, 0.05) is 20.3 Å². The average molecular weight is 269 g/mol. The Hall–Kier alpha value is -1.30. The zero-order valence-corrected chi connectivity index (χ0v) is 12.1. The molecule has 1 rings (SSSR count). The van der Waals surface area contributed by atoms with E-state index in [-0.39, 0.29) is 5.97 Å². The zero-order valence-electron chi connectivity index (χ0n) is 11.3. The highest BCUT2D eigenvalue weighted by atomic mass is 32.2. The van der Waals surface area contributed by atoms with Crippen molar-refractivity contribution in [3.63, 3.8) is 0 Å². The van der Waals surface area contributed by atoms with Gasteiger partial charge < -0.3 is 9.64 Å². The van der Waals surface area contributed by atoms with Crippen LogP contribution >= 0.6 is 11.8 Å². The first-order valence-electron chi connectivity index (χ1n) is 5.94. The van der Waals surface area contributed by atoms with Crippen LogP contribution in [0.3, 0.4) is 0 Å². The van der Waals surface area contributed by atoms with Crippen molar-refractivity contribution in [1.29, 1.82) is 0 Å². The van der Waals surface area contributed by atoms with E-state index in [1.54, 1.807) is 24.9 Å². The van der Waals surface area contributed by atoms with Crippen LogP contribution in [0.25, 0.3) is 0 Å². The quantitative estimate of drug-likeness (QED) is 0.448. The van der Waals surface area contributed by atoms with Crippen molar-refractivity contribution in [3.8, 4) is 0 Å². The molecular formula is C12H19N3O2S. The minimum absolute atomic E-state index is 0.353. The molecule has 1 aromatic heterocycles. The molecule has 1 heterocycles. The molecule has 18 heavy (non-hydrogen) atoms. The molecule has 0 unspecified atom stereocenters. The van der Waals surface area contributed by atoms with Crippen LogP contribution in [0, 0.1) is 0 Å². The summed E-state index contributed by atoms with van der Waals surface area (Å²) in [5, 5.41) is 0.689. The van der Waals surface area contributed by atoms with Crippen molar-refractivity contribution in [2.75, 3.05) is 31.4 Å². The largest absolute Gasteiger partial charge is 0.462 e. The Morgan fingerprint density at radius 1 is 1.44 bits per heavy atom. The van der Waals surface area contributed by atoms with Crippen LogP contribution in [0.1, 0.15) is 30.6 Å². The van der Waals surface area contributed by atoms with Crippen molar-refractivity contribution >= 4 is 23.7 Å². The Morgan fingerprint density at radius 3 is 2.72 bits per heavy atom. The monoisotopic (exact) mass is 269 g/mol. The summed E-state index contributed by atoms with van der Waals surface area (Å²) in [5.74, 6) is 1.15. The molecule has 0 spiro atoms. The highest BCUT2D eigenvalue weighted by Crippen LogP contribution is 2.23. The van der Waals surface area contributed by atoms with E-state index in [1.165, 1.54) is 0 Å². The van der Waals surface area contributed by atoms with Crippen LogP contribution in [-0.2, 0) is 4.74 Å². The van der Waals surface area contributed by atoms with E-state index in [9.17, 15) is 4.79 Å². The number of hydrogen-bond acceptors (Lipinski definition) is 6. The van der Waals surface area contributed by atoms with E-state index in [4.69, 9.17) is 4.74 Å². The molecule has 6 heteroatoms. The van der Waals surface area contributed by atoms with Crippen LogP contribution in [0.5, 0.6) is 0 Å². The Kier molecular flexibility index (Phi) is 5.91. The van der Waals surface area contributed by atoms with Gasteiger partial charge in [0.25, 0.3) is 0 Å². The lowest BCUT2D eigenvalue weighted by atomic mass is 10.3. The number of aromatic nitrogens is 2. The highest BCUT2D eigenvalue weighted by Gasteiger charge is 2.16. The first kappa shape index (κ1) is 14.8. The molecule has 0 atom stereocenters. The molecule has 0 aliphatic rings. The first-order valence-corrected chi connectivity index (χ1v) is 6.93. The van der Waals surface area contributed by atoms with Gasteiger partial charge in [-0.3, -0.25) is 0 Å². The summed E-state index contributed by atoms with van der Waals surface area (Å²) in [6.07, 6.45) is 2.56. The number of carbonyl (C=O) groups is 1. The Bertz CT molecular complexity index is 410. The summed E-state index contributed by atoms with van der Waals surface area (Å²) in [4.78, 5) is 22.1. The summed E-state index contributed by atoms with van der Waals surface area (Å²) in [5.41, 5.74) is 0.445. The third-order valence-electron chi connectivity index (χ3n) is 2.08. The summed E-state index contributed by atoms with van der Waals surface area (Å²) >= 11 is 1.55. The van der Waals surface area contributed by atoms with Crippen molar-refractivity contribution in [1.82, 2.24) is 9.97 Å². The number of rotatable bonds is 6. The van der Waals surface area contributed by atoms with E-state index in [2.05, 4.69) is 16.9 Å². The molecule has 0 radical (unpaired) electrons. The van der Waals surface area contributed by atoms with Gasteiger partial charge in [0.2, 0.25) is 5.95 Å². The normalized spacial score (nSPS) is 10.2. The molecular weight excluding hydrogens is 250 g/mol. The maximum Gasteiger partial charge on any atom is 0.342 e. The number of ether oxygens (including phenoxy) is 1. The van der Waals surface area contributed by atoms with Gasteiger partial charge in [0.05, 0.1) is 6.61 Å². The summed E-state index contributed by atoms with van der Waals surface area (Å²) in [6, 6.07) is 0. The second kappa shape index (κ2) is 7.20. The third kappa shape index (κ3) is 3.87. The lowest BCUT2D eigenvalue weighted by Gasteiger charge is -2.13. The number of anilines is 1. The summed E-state index contributed by atoms with van der Waals surface area (Å²) < 4.78 is 5.00. The van der Waals surface area contributed by atoms with Crippen molar-refractivity contribution < 1.29 is 9.53 Å². The first-order chi connectivity index (χ1) is 8.60. The average Bonchev–Trinajstić information content (AvgIpc) is 2.36. The van der Waals surface area contributed by atoms with Gasteiger partial charge in [0.15, 0.2) is 0 Å². The van der Waals surface area contributed by atoms with Gasteiger partial charge in [-0.2, -0.15) is 0 Å². The van der Waals surface area contributed by atoms with Gasteiger partial charge in [-0.1, -0.05) is 6.92 Å². The third-order valence-corrected chi connectivity index (χ3v) is 3.28. The molecule has 0 N–H and O–H groups in total. The molecule has 0 bridgehead atoms. The van der Waals surface area contributed by atoms with Crippen LogP contribution < -0.4 is 4.90 Å². The SMILES string of the molecule is CCCSc1nc(N(C)C)ncc1C(=O)OCC. The molecule has 0 saturated carbocycles. The van der Waals surface area contributed by atoms with Crippen LogP contribution in [0.2, 0.25) is 0 Å². The fourth-order valence-electron chi connectivity index (χ4n) is 1.23. The number of esters is 1. The molecule has 0 amide bonds. The number of hydrogen-bond donors (Lipinski definition) is 0. The molecule has 0 saturated heterocycles. The lowest BCUT2D eigenvalue weighted by Crippen LogP contribution is -2.15. The Labute approximate surface area is 112 Å². The molecule has 0 aliphatic carbocycles. The topological polar surface area (TPSA) is 55.3 Å². The lowest BCUT2D eigenvalue weighted by molar-refractivity contribution is 0.0521. The predicted octanol–water partition coefficient (Wildman–Crippen LogP) is 2.22. The minimum atomic E-state index is -0.360. The maximum absolute atomic E-state index is 11.8. The molecule has 0 aliphatic heterocycles. The van der Waals surface area contributed by atoms with Crippen molar-refractivity contribution in [3.05, 3.63) is 11.8 Å². The highest BCUT2D eigenvalue weighted by molar-refractivity contribution is 7.99. The number of nitrogens with zero attached hydrogens (tertiary/aromatic N) is 3. The predicted molar refractivity (Wildman–Crippen MR) is 73.3 cm³/mol. The van der Waals surface area contributed by atoms with Crippen LogP contribution in [-0.4, -0.2) is 42.4 Å². The molecule has 5 nitrogen and oxygen atoms in total. The van der Waals surface area contributed by atoms with Gasteiger partial charge >= 0.3 is 5.97 Å². The zero-order chi connectivity index (χ0) is 13.5. The Morgan fingerprint density at radius 2 is 2.17 bits per heavy atom. The standard InChI is InChI=1S/C12H19N3O2S/c1-5-7-18-10-9(11(16)17-6-2)8-13-12(14-10)15(3)4/h8H,5-7H2,1-4H3. The summed E-state index contributed by atoms with van der Waals surface area (Å²) in [6.45, 7) is 4.23. The van der Waals surface area contributed by atoms with Crippen molar-refractivity contribution in [2.45, 2.75) is 25.3 Å². The van der Waals surface area contributed by atoms with E-state index in [1.807, 2.05) is 19.0 Å². The van der Waals surface area contributed by atoms with E-state index in [0.29, 0.717) is 23.1 Å². The fourth-order valence-corrected chi connectivity index (χ4v) is 2.07. The number of thioether (sulfide) groups is 1. The molecule has 1 aromatic rings. The number of carbonyl (C=O) groups excluding carboxylic acids is 1. The molecule has 0 aromatic carbocycles. The van der Waals surface area contributed by atoms with Gasteiger partial charge in [-0.25, -0.2) is 14.8 Å². The van der Waals surface area contributed by atoms with Crippen LogP contribution in [0.15, 0.2) is 11.2 Å². The van der Waals surface area contributed by atoms with E-state index < -0.39 is 0 Å². The smallest absolute Gasteiger partial charge is 0.342 e. The molecule has 0 fully saturated rings. The van der Waals surface area contributed by atoms with E-state index >= 15 is 0 Å². The second-order valence-corrected chi connectivity index (χ2v) is 4.94. The van der Waals surface area contributed by atoms with E-state index in [0.717, 1.165) is 12.2 Å². The minimum Gasteiger partial charge on any atom is -0.462 e. The van der Waals surface area contributed by atoms with Gasteiger partial charge in [-0.15, -0.1) is 11.8 Å². The van der Waals surface area contributed by atoms with Gasteiger partial charge in [-0.05, 0) is 19.1 Å². The summed E-state index contributed by atoms with van der Waals surface area (Å²) in [7, 11) is 3.74. The Balaban J connectivity index is 3.03. The van der Waals surface area contributed by atoms with Crippen LogP contribution in [0.4, 0.5) is 5.95 Å². The van der Waals surface area contributed by atoms with Crippen molar-refractivity contribution in [2.24, 2.45) is 0 Å². The fraction of sp³-hybridized carbons (Fsp3) is 0.583. The second-order valence-electron chi connectivity index (χ2n) is 3.85. The molecule has 100 valence electrons.